The summed E-state index contributed by atoms with van der Waals surface area (Å²) in [6.45, 7) is 0.985. The molecule has 0 radical (unpaired) electrons. The zero-order valence-electron chi connectivity index (χ0n) is 16.2. The van der Waals surface area contributed by atoms with Gasteiger partial charge in [0.1, 0.15) is 5.75 Å². The van der Waals surface area contributed by atoms with Gasteiger partial charge in [0.15, 0.2) is 5.78 Å². The number of aromatic nitrogens is 1. The summed E-state index contributed by atoms with van der Waals surface area (Å²) in [5.74, 6) is 0.541. The lowest BCUT2D eigenvalue weighted by atomic mass is 9.88. The molecule has 148 valence electrons. The number of hydrogen-bond donors (Lipinski definition) is 1. The number of piperidine rings is 1. The van der Waals surface area contributed by atoms with E-state index in [0.717, 1.165) is 5.39 Å². The second kappa shape index (κ2) is 7.91. The highest BCUT2D eigenvalue weighted by Crippen LogP contribution is 2.25. The summed E-state index contributed by atoms with van der Waals surface area (Å²) in [6, 6.07) is 15.8. The van der Waals surface area contributed by atoms with Gasteiger partial charge in [0, 0.05) is 41.5 Å². The van der Waals surface area contributed by atoms with Crippen molar-refractivity contribution in [2.75, 3.05) is 20.2 Å². The highest BCUT2D eigenvalue weighted by Gasteiger charge is 2.29. The van der Waals surface area contributed by atoms with Gasteiger partial charge in [-0.15, -0.1) is 0 Å². The van der Waals surface area contributed by atoms with Crippen molar-refractivity contribution in [3.63, 3.8) is 0 Å². The van der Waals surface area contributed by atoms with Gasteiger partial charge in [0.25, 0.3) is 5.91 Å². The van der Waals surface area contributed by atoms with Crippen molar-refractivity contribution in [1.82, 2.24) is 9.88 Å². The molecule has 3 aromatic rings. The van der Waals surface area contributed by atoms with E-state index in [1.165, 1.54) is 6.07 Å². The maximum atomic E-state index is 13.1. The Morgan fingerprint density at radius 1 is 1.03 bits per heavy atom. The van der Waals surface area contributed by atoms with Crippen molar-refractivity contribution in [2.24, 2.45) is 5.92 Å². The fraction of sp³-hybridized carbons (Fsp3) is 0.261. The standard InChI is InChI=1S/C23H22N2O4/c1-29-17-8-6-15(7-9-17)22(27)16-10-12-25(13-11-16)23(28)19-14-21(26)24-20-5-3-2-4-18(19)20/h2-9,14,16H,10-13H2,1H3,(H,24,26). The van der Waals surface area contributed by atoms with Gasteiger partial charge in [0.2, 0.25) is 5.56 Å². The molecule has 1 aliphatic heterocycles. The molecule has 2 aromatic carbocycles. The molecular weight excluding hydrogens is 368 g/mol. The molecule has 0 spiro atoms. The molecule has 1 saturated heterocycles. The number of carbonyl (C=O) groups excluding carboxylic acids is 2. The van der Waals surface area contributed by atoms with Gasteiger partial charge in [-0.25, -0.2) is 0 Å². The number of amides is 1. The molecule has 6 nitrogen and oxygen atoms in total. The molecule has 0 atom stereocenters. The number of ketones is 1. The summed E-state index contributed by atoms with van der Waals surface area (Å²) in [6.07, 6.45) is 1.22. The Morgan fingerprint density at radius 3 is 2.41 bits per heavy atom. The van der Waals surface area contributed by atoms with Crippen LogP contribution in [0, 0.1) is 5.92 Å². The fourth-order valence-corrected chi connectivity index (χ4v) is 3.89. The van der Waals surface area contributed by atoms with Crippen LogP contribution in [0.1, 0.15) is 33.6 Å². The van der Waals surface area contributed by atoms with E-state index in [1.807, 2.05) is 18.2 Å². The first kappa shape index (κ1) is 18.9. The molecule has 2 heterocycles. The van der Waals surface area contributed by atoms with Crippen LogP contribution < -0.4 is 10.3 Å². The molecule has 4 rings (SSSR count). The molecule has 0 bridgehead atoms. The van der Waals surface area contributed by atoms with E-state index in [-0.39, 0.29) is 23.2 Å². The first-order chi connectivity index (χ1) is 14.1. The maximum absolute atomic E-state index is 13.1. The Labute approximate surface area is 168 Å². The Morgan fingerprint density at radius 2 is 1.72 bits per heavy atom. The van der Waals surface area contributed by atoms with Crippen LogP contribution in [0.4, 0.5) is 0 Å². The largest absolute Gasteiger partial charge is 0.497 e. The molecule has 1 N–H and O–H groups in total. The molecular formula is C23H22N2O4. The number of para-hydroxylation sites is 1. The Bertz CT molecular complexity index is 1110. The number of carbonyl (C=O) groups is 2. The zero-order valence-corrected chi connectivity index (χ0v) is 16.2. The number of hydrogen-bond acceptors (Lipinski definition) is 4. The number of fused-ring (bicyclic) bond motifs is 1. The van der Waals surface area contributed by atoms with Gasteiger partial charge in [-0.3, -0.25) is 14.4 Å². The van der Waals surface area contributed by atoms with E-state index in [1.54, 1.807) is 42.3 Å². The van der Waals surface area contributed by atoms with Crippen molar-refractivity contribution < 1.29 is 14.3 Å². The number of likely N-dealkylation sites (tertiary alicyclic amines) is 1. The number of aromatic amines is 1. The van der Waals surface area contributed by atoms with Gasteiger partial charge in [-0.1, -0.05) is 18.2 Å². The van der Waals surface area contributed by atoms with Crippen molar-refractivity contribution in [3.8, 4) is 5.75 Å². The van der Waals surface area contributed by atoms with Gasteiger partial charge in [-0.05, 0) is 43.2 Å². The fourth-order valence-electron chi connectivity index (χ4n) is 3.89. The summed E-state index contributed by atoms with van der Waals surface area (Å²) in [7, 11) is 1.59. The molecule has 0 aliphatic carbocycles. The highest BCUT2D eigenvalue weighted by atomic mass is 16.5. The second-order valence-corrected chi connectivity index (χ2v) is 7.25. The topological polar surface area (TPSA) is 79.5 Å². The third kappa shape index (κ3) is 3.78. The van der Waals surface area contributed by atoms with Crippen LogP contribution in [0.5, 0.6) is 5.75 Å². The van der Waals surface area contributed by atoms with Crippen molar-refractivity contribution in [1.29, 1.82) is 0 Å². The van der Waals surface area contributed by atoms with E-state index in [4.69, 9.17) is 4.74 Å². The van der Waals surface area contributed by atoms with Crippen LogP contribution in [0.25, 0.3) is 10.9 Å². The number of nitrogens with zero attached hydrogens (tertiary/aromatic N) is 1. The van der Waals surface area contributed by atoms with E-state index in [0.29, 0.717) is 48.3 Å². The van der Waals surface area contributed by atoms with Crippen LogP contribution in [-0.4, -0.2) is 41.8 Å². The van der Waals surface area contributed by atoms with Gasteiger partial charge < -0.3 is 14.6 Å². The quantitative estimate of drug-likeness (QED) is 0.694. The number of ether oxygens (including phenoxy) is 1. The van der Waals surface area contributed by atoms with Gasteiger partial charge in [-0.2, -0.15) is 0 Å². The SMILES string of the molecule is COc1ccc(C(=O)C2CCN(C(=O)c3cc(=O)[nH]c4ccccc34)CC2)cc1. The summed E-state index contributed by atoms with van der Waals surface area (Å²) >= 11 is 0. The minimum absolute atomic E-state index is 0.0985. The summed E-state index contributed by atoms with van der Waals surface area (Å²) in [5.41, 5.74) is 1.42. The highest BCUT2D eigenvalue weighted by molar-refractivity contribution is 6.06. The summed E-state index contributed by atoms with van der Waals surface area (Å²) in [4.78, 5) is 42.3. The first-order valence-corrected chi connectivity index (χ1v) is 9.66. The number of methoxy groups -OCH3 is 1. The number of pyridine rings is 1. The van der Waals surface area contributed by atoms with Crippen molar-refractivity contribution in [2.45, 2.75) is 12.8 Å². The molecule has 29 heavy (non-hydrogen) atoms. The molecule has 0 unspecified atom stereocenters. The average molecular weight is 390 g/mol. The Kier molecular flexibility index (Phi) is 5.16. The third-order valence-corrected chi connectivity index (χ3v) is 5.51. The number of rotatable bonds is 4. The Balaban J connectivity index is 1.48. The lowest BCUT2D eigenvalue weighted by Crippen LogP contribution is -2.40. The lowest BCUT2D eigenvalue weighted by molar-refractivity contribution is 0.0652. The number of Topliss-reactive ketones (excluding diaryl/α,β-unsaturated/α-hetero) is 1. The number of benzene rings is 2. The smallest absolute Gasteiger partial charge is 0.254 e. The van der Waals surface area contributed by atoms with Crippen LogP contribution in [0.15, 0.2) is 59.4 Å². The minimum Gasteiger partial charge on any atom is -0.497 e. The van der Waals surface area contributed by atoms with E-state index < -0.39 is 0 Å². The van der Waals surface area contributed by atoms with E-state index in [9.17, 15) is 14.4 Å². The van der Waals surface area contributed by atoms with Crippen LogP contribution in [-0.2, 0) is 0 Å². The van der Waals surface area contributed by atoms with E-state index >= 15 is 0 Å². The molecule has 1 amide bonds. The molecule has 1 aliphatic rings. The van der Waals surface area contributed by atoms with Crippen molar-refractivity contribution in [3.05, 3.63) is 76.1 Å². The predicted molar refractivity (Wildman–Crippen MR) is 111 cm³/mol. The summed E-state index contributed by atoms with van der Waals surface area (Å²) in [5, 5.41) is 0.730. The van der Waals surface area contributed by atoms with Crippen LogP contribution in [0.2, 0.25) is 0 Å². The lowest BCUT2D eigenvalue weighted by Gasteiger charge is -2.31. The molecule has 6 heteroatoms. The minimum atomic E-state index is -0.295. The zero-order chi connectivity index (χ0) is 20.4. The normalized spacial score (nSPS) is 14.7. The van der Waals surface area contributed by atoms with Crippen molar-refractivity contribution >= 4 is 22.6 Å². The molecule has 1 fully saturated rings. The van der Waals surface area contributed by atoms with Crippen LogP contribution in [0.3, 0.4) is 0 Å². The van der Waals surface area contributed by atoms with Gasteiger partial charge in [0.05, 0.1) is 12.7 Å². The third-order valence-electron chi connectivity index (χ3n) is 5.51. The van der Waals surface area contributed by atoms with Gasteiger partial charge >= 0.3 is 0 Å². The number of H-pyrrole nitrogens is 1. The van der Waals surface area contributed by atoms with E-state index in [2.05, 4.69) is 4.98 Å². The van der Waals surface area contributed by atoms with Crippen LogP contribution >= 0.6 is 0 Å². The predicted octanol–water partition coefficient (Wildman–Crippen LogP) is 3.27. The second-order valence-electron chi connectivity index (χ2n) is 7.25. The monoisotopic (exact) mass is 390 g/mol. The first-order valence-electron chi connectivity index (χ1n) is 9.66. The number of nitrogens with one attached hydrogen (secondary N) is 1. The molecule has 1 aromatic heterocycles. The molecule has 0 saturated carbocycles. The maximum Gasteiger partial charge on any atom is 0.254 e. The average Bonchev–Trinajstić information content (AvgIpc) is 2.77. The Hall–Kier alpha value is -3.41. The summed E-state index contributed by atoms with van der Waals surface area (Å²) < 4.78 is 5.14.